The van der Waals surface area contributed by atoms with Crippen LogP contribution in [-0.4, -0.2) is 48.3 Å². The number of ether oxygens (including phenoxy) is 3. The standard InChI is InChI=1S/C23H28N2O6/c1-16-7-6-11-25(16)23(27)18-13-20(29-2)21(14-19(18)24-28)30-12-10-22(26)31-15-17-8-4-3-5-9-17/h3-5,8-9,13-14,16,24,28H,6-7,10-12,15H2,1-2H3/t16-/m1/s1. The van der Waals surface area contributed by atoms with Crippen molar-refractivity contribution in [2.45, 2.75) is 38.8 Å². The maximum absolute atomic E-state index is 12.9. The van der Waals surface area contributed by atoms with E-state index in [1.165, 1.54) is 19.2 Å². The van der Waals surface area contributed by atoms with Crippen LogP contribution in [0.3, 0.4) is 0 Å². The number of nitrogens with one attached hydrogen (secondary N) is 1. The number of carbonyl (C=O) groups excluding carboxylic acids is 2. The van der Waals surface area contributed by atoms with Crippen LogP contribution in [0, 0.1) is 0 Å². The lowest BCUT2D eigenvalue weighted by atomic mass is 10.1. The number of amides is 1. The zero-order valence-corrected chi connectivity index (χ0v) is 17.8. The lowest BCUT2D eigenvalue weighted by molar-refractivity contribution is -0.145. The van der Waals surface area contributed by atoms with E-state index in [0.29, 0.717) is 23.6 Å². The molecule has 2 N–H and O–H groups in total. The first kappa shape index (κ1) is 22.4. The Morgan fingerprint density at radius 3 is 2.61 bits per heavy atom. The summed E-state index contributed by atoms with van der Waals surface area (Å²) in [5.41, 5.74) is 3.49. The first-order valence-corrected chi connectivity index (χ1v) is 10.3. The lowest BCUT2D eigenvalue weighted by Crippen LogP contribution is -2.34. The monoisotopic (exact) mass is 428 g/mol. The van der Waals surface area contributed by atoms with Crippen LogP contribution in [0.25, 0.3) is 0 Å². The van der Waals surface area contributed by atoms with Gasteiger partial charge in [-0.3, -0.25) is 20.3 Å². The third-order valence-corrected chi connectivity index (χ3v) is 5.27. The largest absolute Gasteiger partial charge is 0.493 e. The molecule has 3 rings (SSSR count). The van der Waals surface area contributed by atoms with Gasteiger partial charge < -0.3 is 19.1 Å². The molecule has 0 saturated carbocycles. The minimum Gasteiger partial charge on any atom is -0.493 e. The normalized spacial score (nSPS) is 15.5. The molecule has 0 aromatic heterocycles. The SMILES string of the molecule is COc1cc(C(=O)N2CCC[C@H]2C)c(NO)cc1OCCC(=O)OCc1ccccc1. The van der Waals surface area contributed by atoms with Crippen LogP contribution >= 0.6 is 0 Å². The quantitative estimate of drug-likeness (QED) is 0.465. The molecule has 0 aliphatic carbocycles. The fourth-order valence-corrected chi connectivity index (χ4v) is 3.55. The van der Waals surface area contributed by atoms with E-state index >= 15 is 0 Å². The van der Waals surface area contributed by atoms with Gasteiger partial charge in [-0.15, -0.1) is 0 Å². The van der Waals surface area contributed by atoms with E-state index in [-0.39, 0.29) is 37.3 Å². The molecule has 8 heteroatoms. The third-order valence-electron chi connectivity index (χ3n) is 5.27. The van der Waals surface area contributed by atoms with Crippen LogP contribution in [0.5, 0.6) is 11.5 Å². The van der Waals surface area contributed by atoms with E-state index in [9.17, 15) is 14.8 Å². The van der Waals surface area contributed by atoms with Crippen molar-refractivity contribution in [2.75, 3.05) is 25.7 Å². The molecule has 2 aromatic carbocycles. The summed E-state index contributed by atoms with van der Waals surface area (Å²) in [6.07, 6.45) is 1.95. The minimum absolute atomic E-state index is 0.0455. The number of hydrogen-bond donors (Lipinski definition) is 2. The van der Waals surface area contributed by atoms with Crippen molar-refractivity contribution in [1.29, 1.82) is 0 Å². The summed E-state index contributed by atoms with van der Waals surface area (Å²) in [5, 5.41) is 9.56. The van der Waals surface area contributed by atoms with Crippen molar-refractivity contribution in [3.8, 4) is 11.5 Å². The highest BCUT2D eigenvalue weighted by Gasteiger charge is 2.28. The zero-order chi connectivity index (χ0) is 22.2. The lowest BCUT2D eigenvalue weighted by Gasteiger charge is -2.23. The average Bonchev–Trinajstić information content (AvgIpc) is 3.23. The molecule has 166 valence electrons. The molecule has 2 aromatic rings. The Morgan fingerprint density at radius 2 is 1.97 bits per heavy atom. The molecule has 31 heavy (non-hydrogen) atoms. The highest BCUT2D eigenvalue weighted by atomic mass is 16.5. The molecule has 0 spiro atoms. The number of methoxy groups -OCH3 is 1. The van der Waals surface area contributed by atoms with Crippen LogP contribution in [-0.2, 0) is 16.1 Å². The van der Waals surface area contributed by atoms with Gasteiger partial charge in [0.25, 0.3) is 5.91 Å². The molecule has 1 aliphatic rings. The number of anilines is 1. The average molecular weight is 428 g/mol. The van der Waals surface area contributed by atoms with Crippen LogP contribution in [0.15, 0.2) is 42.5 Å². The van der Waals surface area contributed by atoms with Gasteiger partial charge >= 0.3 is 5.97 Å². The molecular formula is C23H28N2O6. The van der Waals surface area contributed by atoms with E-state index in [0.717, 1.165) is 18.4 Å². The maximum atomic E-state index is 12.9. The van der Waals surface area contributed by atoms with E-state index < -0.39 is 5.97 Å². The van der Waals surface area contributed by atoms with Gasteiger partial charge in [0.05, 0.1) is 31.4 Å². The second kappa shape index (κ2) is 10.7. The Hall–Kier alpha value is -3.26. The number of benzene rings is 2. The summed E-state index contributed by atoms with van der Waals surface area (Å²) in [4.78, 5) is 26.7. The van der Waals surface area contributed by atoms with E-state index in [4.69, 9.17) is 14.2 Å². The Morgan fingerprint density at radius 1 is 1.19 bits per heavy atom. The Balaban J connectivity index is 1.61. The van der Waals surface area contributed by atoms with Crippen LogP contribution in [0.1, 0.15) is 42.1 Å². The predicted molar refractivity (Wildman–Crippen MR) is 114 cm³/mol. The van der Waals surface area contributed by atoms with Crippen molar-refractivity contribution in [1.82, 2.24) is 4.90 Å². The van der Waals surface area contributed by atoms with Crippen molar-refractivity contribution >= 4 is 17.6 Å². The molecule has 1 heterocycles. The van der Waals surface area contributed by atoms with Crippen molar-refractivity contribution in [3.63, 3.8) is 0 Å². The van der Waals surface area contributed by atoms with Gasteiger partial charge in [-0.05, 0) is 31.4 Å². The van der Waals surface area contributed by atoms with Gasteiger partial charge in [0.2, 0.25) is 0 Å². The summed E-state index contributed by atoms with van der Waals surface area (Å²) in [6.45, 7) is 2.94. The molecule has 0 radical (unpaired) electrons. The summed E-state index contributed by atoms with van der Waals surface area (Å²) >= 11 is 0. The zero-order valence-electron chi connectivity index (χ0n) is 17.8. The summed E-state index contributed by atoms with van der Waals surface area (Å²) in [7, 11) is 1.47. The fraction of sp³-hybridized carbons (Fsp3) is 0.391. The van der Waals surface area contributed by atoms with Crippen molar-refractivity contribution in [3.05, 3.63) is 53.6 Å². The number of esters is 1. The number of nitrogens with zero attached hydrogens (tertiary/aromatic N) is 1. The molecular weight excluding hydrogens is 400 g/mol. The molecule has 1 fully saturated rings. The van der Waals surface area contributed by atoms with Crippen LogP contribution in [0.2, 0.25) is 0 Å². The first-order chi connectivity index (χ1) is 15.0. The topological polar surface area (TPSA) is 97.3 Å². The number of hydrogen-bond acceptors (Lipinski definition) is 7. The maximum Gasteiger partial charge on any atom is 0.309 e. The van der Waals surface area contributed by atoms with Crippen molar-refractivity contribution in [2.24, 2.45) is 0 Å². The Labute approximate surface area is 181 Å². The second-order valence-electron chi connectivity index (χ2n) is 7.39. The van der Waals surface area contributed by atoms with Gasteiger partial charge in [0.15, 0.2) is 11.5 Å². The van der Waals surface area contributed by atoms with E-state index in [1.807, 2.05) is 37.3 Å². The molecule has 1 atom stereocenters. The highest BCUT2D eigenvalue weighted by Crippen LogP contribution is 2.35. The summed E-state index contributed by atoms with van der Waals surface area (Å²) < 4.78 is 16.3. The van der Waals surface area contributed by atoms with Crippen LogP contribution in [0.4, 0.5) is 5.69 Å². The Bertz CT molecular complexity index is 902. The molecule has 0 bridgehead atoms. The van der Waals surface area contributed by atoms with Gasteiger partial charge in [-0.1, -0.05) is 30.3 Å². The smallest absolute Gasteiger partial charge is 0.309 e. The van der Waals surface area contributed by atoms with E-state index in [2.05, 4.69) is 5.48 Å². The molecule has 1 saturated heterocycles. The minimum atomic E-state index is -0.391. The summed E-state index contributed by atoms with van der Waals surface area (Å²) in [5.74, 6) is 0.0711. The fourth-order valence-electron chi connectivity index (χ4n) is 3.55. The number of rotatable bonds is 9. The number of likely N-dealkylation sites (tertiary alicyclic amines) is 1. The van der Waals surface area contributed by atoms with Gasteiger partial charge in [0.1, 0.15) is 6.61 Å². The molecule has 1 amide bonds. The second-order valence-corrected chi connectivity index (χ2v) is 7.39. The van der Waals surface area contributed by atoms with Crippen LogP contribution < -0.4 is 15.0 Å². The highest BCUT2D eigenvalue weighted by molar-refractivity contribution is 6.00. The summed E-state index contributed by atoms with van der Waals surface area (Å²) in [6, 6.07) is 12.6. The molecule has 1 aliphatic heterocycles. The van der Waals surface area contributed by atoms with Crippen molar-refractivity contribution < 1.29 is 29.0 Å². The third kappa shape index (κ3) is 5.67. The predicted octanol–water partition coefficient (Wildman–Crippen LogP) is 3.63. The van der Waals surface area contributed by atoms with Gasteiger partial charge in [0, 0.05) is 18.7 Å². The first-order valence-electron chi connectivity index (χ1n) is 10.3. The Kier molecular flexibility index (Phi) is 7.72. The number of carbonyl (C=O) groups is 2. The van der Waals surface area contributed by atoms with Gasteiger partial charge in [-0.25, -0.2) is 0 Å². The van der Waals surface area contributed by atoms with E-state index in [1.54, 1.807) is 4.90 Å². The molecule has 0 unspecified atom stereocenters. The molecule has 8 nitrogen and oxygen atoms in total. The van der Waals surface area contributed by atoms with Gasteiger partial charge in [-0.2, -0.15) is 0 Å².